The lowest BCUT2D eigenvalue weighted by Crippen LogP contribution is -2.14. The second-order valence-electron chi connectivity index (χ2n) is 5.10. The minimum atomic E-state index is -0.124. The Balaban J connectivity index is 1.65. The monoisotopic (exact) mass is 295 g/mol. The van der Waals surface area contributed by atoms with Gasteiger partial charge in [0.15, 0.2) is 0 Å². The zero-order valence-corrected chi connectivity index (χ0v) is 12.0. The molecule has 0 saturated heterocycles. The number of aromatic nitrogens is 2. The van der Waals surface area contributed by atoms with E-state index >= 15 is 0 Å². The van der Waals surface area contributed by atoms with Crippen LogP contribution >= 0.6 is 0 Å². The summed E-state index contributed by atoms with van der Waals surface area (Å²) in [6, 6.07) is 9.72. The number of benzene rings is 1. The molecule has 0 aliphatic rings. The van der Waals surface area contributed by atoms with Crippen molar-refractivity contribution < 1.29 is 9.90 Å². The van der Waals surface area contributed by atoms with Gasteiger partial charge < -0.3 is 15.4 Å². The van der Waals surface area contributed by atoms with E-state index in [1.165, 1.54) is 0 Å². The number of anilines is 1. The van der Waals surface area contributed by atoms with Crippen LogP contribution < -0.4 is 5.32 Å². The van der Waals surface area contributed by atoms with Gasteiger partial charge in [0.2, 0.25) is 5.91 Å². The molecule has 0 fully saturated rings. The van der Waals surface area contributed by atoms with Crippen LogP contribution in [0.2, 0.25) is 0 Å². The van der Waals surface area contributed by atoms with E-state index in [0.29, 0.717) is 24.1 Å². The molecule has 0 spiro atoms. The summed E-state index contributed by atoms with van der Waals surface area (Å²) in [5.74, 6) is -0.0898. The topological polar surface area (TPSA) is 78.0 Å². The van der Waals surface area contributed by atoms with Gasteiger partial charge in [-0.05, 0) is 24.1 Å². The fourth-order valence-corrected chi connectivity index (χ4v) is 2.47. The molecule has 0 atom stereocenters. The van der Waals surface area contributed by atoms with Crippen molar-refractivity contribution in [2.75, 3.05) is 5.32 Å². The maximum atomic E-state index is 12.1. The van der Waals surface area contributed by atoms with E-state index in [4.69, 9.17) is 0 Å². The Morgan fingerprint density at radius 2 is 2.09 bits per heavy atom. The highest BCUT2D eigenvalue weighted by Gasteiger charge is 2.09. The second kappa shape index (κ2) is 6.41. The summed E-state index contributed by atoms with van der Waals surface area (Å²) in [6.07, 6.45) is 6.12. The van der Waals surface area contributed by atoms with E-state index in [-0.39, 0.29) is 12.5 Å². The number of aliphatic hydroxyl groups is 1. The van der Waals surface area contributed by atoms with E-state index in [1.54, 1.807) is 18.5 Å². The number of aromatic amines is 1. The quantitative estimate of drug-likeness (QED) is 0.677. The molecule has 0 aliphatic heterocycles. The number of nitrogens with zero attached hydrogens (tertiary/aromatic N) is 1. The minimum Gasteiger partial charge on any atom is -0.392 e. The summed E-state index contributed by atoms with van der Waals surface area (Å²) < 4.78 is 0. The minimum absolute atomic E-state index is 0.0898. The van der Waals surface area contributed by atoms with Gasteiger partial charge in [0.05, 0.1) is 18.5 Å². The standard InChI is InChI=1S/C17H17N3O2/c21-11-13-7-8-18-10-16(13)20-17(22)6-5-12-9-19-15-4-2-1-3-14(12)15/h1-4,7-10,19,21H,5-6,11H2,(H,20,22). The highest BCUT2D eigenvalue weighted by atomic mass is 16.3. The van der Waals surface area contributed by atoms with Gasteiger partial charge in [-0.2, -0.15) is 0 Å². The Kier molecular flexibility index (Phi) is 4.16. The van der Waals surface area contributed by atoms with Crippen molar-refractivity contribution in [2.24, 2.45) is 0 Å². The molecule has 5 nitrogen and oxygen atoms in total. The molecule has 2 aromatic heterocycles. The predicted molar refractivity (Wildman–Crippen MR) is 85.4 cm³/mol. The Hall–Kier alpha value is -2.66. The Labute approximate surface area is 128 Å². The van der Waals surface area contributed by atoms with E-state index in [1.807, 2.05) is 30.5 Å². The van der Waals surface area contributed by atoms with Crippen LogP contribution in [0.3, 0.4) is 0 Å². The molecule has 0 saturated carbocycles. The van der Waals surface area contributed by atoms with E-state index in [9.17, 15) is 9.90 Å². The van der Waals surface area contributed by atoms with Crippen molar-refractivity contribution >= 4 is 22.5 Å². The molecule has 0 unspecified atom stereocenters. The first-order chi connectivity index (χ1) is 10.8. The van der Waals surface area contributed by atoms with Gasteiger partial charge in [-0.1, -0.05) is 18.2 Å². The van der Waals surface area contributed by atoms with Crippen LogP contribution in [-0.4, -0.2) is 21.0 Å². The van der Waals surface area contributed by atoms with Crippen molar-refractivity contribution in [1.82, 2.24) is 9.97 Å². The Morgan fingerprint density at radius 3 is 2.95 bits per heavy atom. The second-order valence-corrected chi connectivity index (χ2v) is 5.10. The van der Waals surface area contributed by atoms with Crippen LogP contribution in [0.25, 0.3) is 10.9 Å². The lowest BCUT2D eigenvalue weighted by molar-refractivity contribution is -0.116. The Bertz CT molecular complexity index is 795. The number of H-pyrrole nitrogens is 1. The van der Waals surface area contributed by atoms with E-state index in [2.05, 4.69) is 15.3 Å². The first-order valence-corrected chi connectivity index (χ1v) is 7.16. The third kappa shape index (κ3) is 2.99. The number of aryl methyl sites for hydroxylation is 1. The number of para-hydroxylation sites is 1. The first-order valence-electron chi connectivity index (χ1n) is 7.16. The number of hydrogen-bond donors (Lipinski definition) is 3. The van der Waals surface area contributed by atoms with Gasteiger partial charge in [-0.3, -0.25) is 9.78 Å². The van der Waals surface area contributed by atoms with Crippen molar-refractivity contribution in [1.29, 1.82) is 0 Å². The molecule has 0 aliphatic carbocycles. The third-order valence-corrected chi connectivity index (χ3v) is 3.65. The van der Waals surface area contributed by atoms with Crippen LogP contribution in [0.5, 0.6) is 0 Å². The lowest BCUT2D eigenvalue weighted by atomic mass is 10.1. The van der Waals surface area contributed by atoms with Gasteiger partial charge in [-0.25, -0.2) is 0 Å². The SMILES string of the molecule is O=C(CCc1c[nH]c2ccccc12)Nc1cnccc1CO. The smallest absolute Gasteiger partial charge is 0.224 e. The van der Waals surface area contributed by atoms with Crippen molar-refractivity contribution in [3.8, 4) is 0 Å². The normalized spacial score (nSPS) is 10.8. The molecule has 5 heteroatoms. The van der Waals surface area contributed by atoms with E-state index in [0.717, 1.165) is 16.5 Å². The van der Waals surface area contributed by atoms with Crippen LogP contribution in [0.4, 0.5) is 5.69 Å². The number of rotatable bonds is 5. The molecule has 1 amide bonds. The molecular formula is C17H17N3O2. The molecule has 3 aromatic rings. The largest absolute Gasteiger partial charge is 0.392 e. The van der Waals surface area contributed by atoms with Crippen LogP contribution in [0, 0.1) is 0 Å². The molecule has 0 radical (unpaired) electrons. The van der Waals surface area contributed by atoms with Crippen molar-refractivity contribution in [3.63, 3.8) is 0 Å². The fourth-order valence-electron chi connectivity index (χ4n) is 2.47. The zero-order valence-electron chi connectivity index (χ0n) is 12.0. The maximum Gasteiger partial charge on any atom is 0.224 e. The molecule has 3 N–H and O–H groups in total. The highest BCUT2D eigenvalue weighted by molar-refractivity contribution is 5.92. The molecule has 22 heavy (non-hydrogen) atoms. The van der Waals surface area contributed by atoms with Crippen LogP contribution in [0.15, 0.2) is 48.9 Å². The number of amides is 1. The summed E-state index contributed by atoms with van der Waals surface area (Å²) in [4.78, 5) is 19.3. The molecule has 3 rings (SSSR count). The molecular weight excluding hydrogens is 278 g/mol. The molecule has 112 valence electrons. The molecule has 2 heterocycles. The van der Waals surface area contributed by atoms with Crippen LogP contribution in [-0.2, 0) is 17.8 Å². The number of aliphatic hydroxyl groups excluding tert-OH is 1. The first kappa shape index (κ1) is 14.3. The fraction of sp³-hybridized carbons (Fsp3) is 0.176. The summed E-state index contributed by atoms with van der Waals surface area (Å²) >= 11 is 0. The summed E-state index contributed by atoms with van der Waals surface area (Å²) in [5, 5.41) is 13.2. The third-order valence-electron chi connectivity index (χ3n) is 3.65. The number of fused-ring (bicyclic) bond motifs is 1. The molecule has 0 bridgehead atoms. The number of pyridine rings is 1. The number of nitrogens with one attached hydrogen (secondary N) is 2. The summed E-state index contributed by atoms with van der Waals surface area (Å²) in [5.41, 5.74) is 3.43. The Morgan fingerprint density at radius 1 is 1.23 bits per heavy atom. The van der Waals surface area contributed by atoms with Crippen LogP contribution in [0.1, 0.15) is 17.5 Å². The highest BCUT2D eigenvalue weighted by Crippen LogP contribution is 2.19. The maximum absolute atomic E-state index is 12.1. The average molecular weight is 295 g/mol. The lowest BCUT2D eigenvalue weighted by Gasteiger charge is -2.08. The van der Waals surface area contributed by atoms with Gasteiger partial charge >= 0.3 is 0 Å². The number of carbonyl (C=O) groups excluding carboxylic acids is 1. The summed E-state index contributed by atoms with van der Waals surface area (Å²) in [7, 11) is 0. The van der Waals surface area contributed by atoms with Gasteiger partial charge in [-0.15, -0.1) is 0 Å². The van der Waals surface area contributed by atoms with Gasteiger partial charge in [0.1, 0.15) is 0 Å². The number of hydrogen-bond acceptors (Lipinski definition) is 3. The van der Waals surface area contributed by atoms with Crippen molar-refractivity contribution in [2.45, 2.75) is 19.4 Å². The van der Waals surface area contributed by atoms with E-state index < -0.39 is 0 Å². The van der Waals surface area contributed by atoms with Gasteiger partial charge in [0, 0.05) is 35.3 Å². The average Bonchev–Trinajstić information content (AvgIpc) is 2.97. The van der Waals surface area contributed by atoms with Gasteiger partial charge in [0.25, 0.3) is 0 Å². The zero-order chi connectivity index (χ0) is 15.4. The number of carbonyl (C=O) groups is 1. The van der Waals surface area contributed by atoms with Crippen molar-refractivity contribution in [3.05, 3.63) is 60.0 Å². The molecule has 1 aromatic carbocycles. The predicted octanol–water partition coefficient (Wildman–Crippen LogP) is 2.63. The summed E-state index contributed by atoms with van der Waals surface area (Å²) in [6.45, 7) is -0.124.